The molecule has 0 unspecified atom stereocenters. The zero-order valence-corrected chi connectivity index (χ0v) is 8.89. The van der Waals surface area contributed by atoms with E-state index in [1.807, 2.05) is 0 Å². The van der Waals surface area contributed by atoms with Crippen molar-refractivity contribution in [3.8, 4) is 11.8 Å². The highest BCUT2D eigenvalue weighted by molar-refractivity contribution is 5.80. The Morgan fingerprint density at radius 1 is 1.47 bits per heavy atom. The van der Waals surface area contributed by atoms with Gasteiger partial charge in [-0.05, 0) is 12.1 Å². The number of carbonyl (C=O) groups is 1. The minimum atomic E-state index is -0.458. The minimum absolute atomic E-state index is 0.0577. The molecule has 1 aromatic heterocycles. The predicted octanol–water partition coefficient (Wildman–Crippen LogP) is 1.59. The zero-order valence-electron chi connectivity index (χ0n) is 8.89. The van der Waals surface area contributed by atoms with Crippen molar-refractivity contribution in [2.24, 2.45) is 0 Å². The standard InChI is InChI=1S/C12H7NO4/c1-7(14)17-9-2-3-10-11(4-9)16-6-8(5-13)12(10)15/h2-4,6H,1H3. The van der Waals surface area contributed by atoms with Crippen molar-refractivity contribution < 1.29 is 13.9 Å². The number of benzene rings is 1. The van der Waals surface area contributed by atoms with Crippen molar-refractivity contribution in [1.29, 1.82) is 5.26 Å². The first kappa shape index (κ1) is 10.9. The Hall–Kier alpha value is -2.61. The molecule has 5 heteroatoms. The molecule has 0 aliphatic rings. The number of carbonyl (C=O) groups excluding carboxylic acids is 1. The van der Waals surface area contributed by atoms with Crippen LogP contribution in [0, 0.1) is 11.3 Å². The maximum atomic E-state index is 11.7. The predicted molar refractivity (Wildman–Crippen MR) is 58.5 cm³/mol. The molecule has 1 aromatic carbocycles. The first-order valence-corrected chi connectivity index (χ1v) is 4.76. The van der Waals surface area contributed by atoms with Crippen LogP contribution in [0.4, 0.5) is 0 Å². The smallest absolute Gasteiger partial charge is 0.308 e. The molecule has 0 atom stereocenters. The molecule has 0 aliphatic carbocycles. The number of ether oxygens (including phenoxy) is 1. The van der Waals surface area contributed by atoms with Crippen LogP contribution >= 0.6 is 0 Å². The summed E-state index contributed by atoms with van der Waals surface area (Å²) in [5.41, 5.74) is -0.186. The van der Waals surface area contributed by atoms with Gasteiger partial charge < -0.3 is 9.15 Å². The summed E-state index contributed by atoms with van der Waals surface area (Å²) in [6.07, 6.45) is 1.09. The third kappa shape index (κ3) is 2.01. The highest BCUT2D eigenvalue weighted by Gasteiger charge is 2.08. The van der Waals surface area contributed by atoms with Crippen LogP contribution in [-0.4, -0.2) is 5.97 Å². The van der Waals surface area contributed by atoms with Crippen LogP contribution in [0.5, 0.6) is 5.75 Å². The van der Waals surface area contributed by atoms with Crippen molar-refractivity contribution in [3.63, 3.8) is 0 Å². The molecular formula is C12H7NO4. The normalized spacial score (nSPS) is 9.88. The molecule has 0 radical (unpaired) electrons. The molecule has 0 fully saturated rings. The molecular weight excluding hydrogens is 222 g/mol. The van der Waals surface area contributed by atoms with E-state index in [2.05, 4.69) is 0 Å². The lowest BCUT2D eigenvalue weighted by molar-refractivity contribution is -0.131. The monoisotopic (exact) mass is 229 g/mol. The summed E-state index contributed by atoms with van der Waals surface area (Å²) in [5, 5.41) is 8.95. The van der Waals surface area contributed by atoms with Crippen LogP contribution in [0.1, 0.15) is 12.5 Å². The third-order valence-electron chi connectivity index (χ3n) is 2.13. The molecule has 0 spiro atoms. The van der Waals surface area contributed by atoms with Gasteiger partial charge in [-0.25, -0.2) is 0 Å². The van der Waals surface area contributed by atoms with Crippen LogP contribution < -0.4 is 10.2 Å². The number of nitriles is 1. The number of hydrogen-bond acceptors (Lipinski definition) is 5. The summed E-state index contributed by atoms with van der Waals surface area (Å²) in [6.45, 7) is 1.28. The minimum Gasteiger partial charge on any atom is -0.463 e. The Bertz CT molecular complexity index is 694. The lowest BCUT2D eigenvalue weighted by Crippen LogP contribution is -2.06. The van der Waals surface area contributed by atoms with Crippen LogP contribution in [0.15, 0.2) is 33.7 Å². The average Bonchev–Trinajstić information content (AvgIpc) is 2.28. The van der Waals surface area contributed by atoms with E-state index in [0.29, 0.717) is 0 Å². The number of esters is 1. The van der Waals surface area contributed by atoms with E-state index < -0.39 is 11.4 Å². The Kier molecular flexibility index (Phi) is 2.63. The van der Waals surface area contributed by atoms with Gasteiger partial charge in [0.05, 0.1) is 5.39 Å². The summed E-state index contributed by atoms with van der Waals surface area (Å²) in [5.74, 6) is -0.168. The second-order valence-corrected chi connectivity index (χ2v) is 3.34. The van der Waals surface area contributed by atoms with Crippen LogP contribution in [0.2, 0.25) is 0 Å². The van der Waals surface area contributed by atoms with Gasteiger partial charge in [0.2, 0.25) is 5.43 Å². The number of nitrogens with zero attached hydrogens (tertiary/aromatic N) is 1. The first-order chi connectivity index (χ1) is 8.11. The molecule has 2 rings (SSSR count). The van der Waals surface area contributed by atoms with E-state index in [-0.39, 0.29) is 22.3 Å². The van der Waals surface area contributed by atoms with Crippen molar-refractivity contribution >= 4 is 16.9 Å². The highest BCUT2D eigenvalue weighted by Crippen LogP contribution is 2.19. The Morgan fingerprint density at radius 2 is 2.24 bits per heavy atom. The SMILES string of the molecule is CC(=O)Oc1ccc2c(=O)c(C#N)coc2c1. The third-order valence-corrected chi connectivity index (χ3v) is 2.13. The summed E-state index contributed by atoms with van der Waals surface area (Å²) < 4.78 is 9.98. The molecule has 1 heterocycles. The number of rotatable bonds is 1. The molecule has 0 aliphatic heterocycles. The molecule has 17 heavy (non-hydrogen) atoms. The van der Waals surface area contributed by atoms with Crippen molar-refractivity contribution in [3.05, 3.63) is 40.2 Å². The Labute approximate surface area is 95.8 Å². The average molecular weight is 229 g/mol. The van der Waals surface area contributed by atoms with Gasteiger partial charge in [0, 0.05) is 13.0 Å². The van der Waals surface area contributed by atoms with Gasteiger partial charge in [-0.1, -0.05) is 0 Å². The van der Waals surface area contributed by atoms with Crippen LogP contribution in [0.25, 0.3) is 11.0 Å². The molecule has 2 aromatic rings. The van der Waals surface area contributed by atoms with Crippen LogP contribution in [-0.2, 0) is 4.79 Å². The summed E-state index contributed by atoms with van der Waals surface area (Å²) in [6, 6.07) is 6.11. The molecule has 0 amide bonds. The molecule has 5 nitrogen and oxygen atoms in total. The van der Waals surface area contributed by atoms with E-state index in [4.69, 9.17) is 14.4 Å². The maximum absolute atomic E-state index is 11.7. The first-order valence-electron chi connectivity index (χ1n) is 4.76. The van der Waals surface area contributed by atoms with Gasteiger partial charge in [0.15, 0.2) is 0 Å². The van der Waals surface area contributed by atoms with Crippen molar-refractivity contribution in [2.45, 2.75) is 6.92 Å². The van der Waals surface area contributed by atoms with E-state index in [9.17, 15) is 9.59 Å². The fourth-order valence-corrected chi connectivity index (χ4v) is 1.42. The van der Waals surface area contributed by atoms with E-state index in [1.54, 1.807) is 6.07 Å². The highest BCUT2D eigenvalue weighted by atomic mass is 16.5. The Morgan fingerprint density at radius 3 is 2.88 bits per heavy atom. The fraction of sp³-hybridized carbons (Fsp3) is 0.0833. The second kappa shape index (κ2) is 4.10. The number of hydrogen-bond donors (Lipinski definition) is 0. The van der Waals surface area contributed by atoms with Gasteiger partial charge in [-0.3, -0.25) is 9.59 Å². The lowest BCUT2D eigenvalue weighted by Gasteiger charge is -2.02. The molecule has 84 valence electrons. The fourth-order valence-electron chi connectivity index (χ4n) is 1.42. The zero-order chi connectivity index (χ0) is 12.4. The van der Waals surface area contributed by atoms with Gasteiger partial charge in [-0.2, -0.15) is 5.26 Å². The molecule has 0 saturated heterocycles. The van der Waals surface area contributed by atoms with Gasteiger partial charge in [-0.15, -0.1) is 0 Å². The van der Waals surface area contributed by atoms with Crippen molar-refractivity contribution in [1.82, 2.24) is 0 Å². The quantitative estimate of drug-likeness (QED) is 0.548. The number of fused-ring (bicyclic) bond motifs is 1. The molecule has 0 saturated carbocycles. The van der Waals surface area contributed by atoms with E-state index in [0.717, 1.165) is 6.26 Å². The van der Waals surface area contributed by atoms with Crippen molar-refractivity contribution in [2.75, 3.05) is 0 Å². The lowest BCUT2D eigenvalue weighted by atomic mass is 10.2. The summed E-state index contributed by atoms with van der Waals surface area (Å²) in [4.78, 5) is 22.5. The Balaban J connectivity index is 2.62. The largest absolute Gasteiger partial charge is 0.463 e. The van der Waals surface area contributed by atoms with Crippen LogP contribution in [0.3, 0.4) is 0 Å². The van der Waals surface area contributed by atoms with Gasteiger partial charge in [0.1, 0.15) is 29.2 Å². The van der Waals surface area contributed by atoms with Gasteiger partial charge in [0.25, 0.3) is 0 Å². The van der Waals surface area contributed by atoms with E-state index in [1.165, 1.54) is 25.1 Å². The summed E-state index contributed by atoms with van der Waals surface area (Å²) in [7, 11) is 0. The topological polar surface area (TPSA) is 80.3 Å². The van der Waals surface area contributed by atoms with Gasteiger partial charge >= 0.3 is 5.97 Å². The maximum Gasteiger partial charge on any atom is 0.308 e. The van der Waals surface area contributed by atoms with E-state index >= 15 is 0 Å². The summed E-state index contributed by atoms with van der Waals surface area (Å²) >= 11 is 0. The second-order valence-electron chi connectivity index (χ2n) is 3.34. The molecule has 0 N–H and O–H groups in total. The molecule has 0 bridgehead atoms.